The molecule has 1 amide bonds. The molecule has 5 nitrogen and oxygen atoms in total. The topological polar surface area (TPSA) is 68.5 Å². The number of carbonyl (C=O) groups is 2. The normalized spacial score (nSPS) is 10.9. The Labute approximate surface area is 159 Å². The van der Waals surface area contributed by atoms with Gasteiger partial charge in [0.2, 0.25) is 0 Å². The first kappa shape index (κ1) is 17.7. The minimum atomic E-state index is -0.600. The van der Waals surface area contributed by atoms with E-state index in [0.717, 1.165) is 21.9 Å². The highest BCUT2D eigenvalue weighted by molar-refractivity contribution is 6.07. The maximum Gasteiger partial charge on any atom is 0.310 e. The predicted octanol–water partition coefficient (Wildman–Crippen LogP) is 4.45. The minimum absolute atomic E-state index is 0.0992. The van der Waals surface area contributed by atoms with Gasteiger partial charge in [-0.2, -0.15) is 0 Å². The third-order valence-electron chi connectivity index (χ3n) is 4.26. The minimum Gasteiger partial charge on any atom is -0.456 e. The molecule has 1 aromatic heterocycles. The monoisotopic (exact) mass is 377 g/mol. The lowest BCUT2D eigenvalue weighted by atomic mass is 10.1. The Hall–Kier alpha value is -3.67. The number of hydrogen-bond acceptors (Lipinski definition) is 4. The van der Waals surface area contributed by atoms with E-state index in [0.29, 0.717) is 11.3 Å². The lowest BCUT2D eigenvalue weighted by Gasteiger charge is -2.07. The Kier molecular flexibility index (Phi) is 4.76. The smallest absolute Gasteiger partial charge is 0.310 e. The van der Waals surface area contributed by atoms with Gasteiger partial charge in [0, 0.05) is 16.5 Å². The number of esters is 1. The Morgan fingerprint density at radius 1 is 0.929 bits per heavy atom. The van der Waals surface area contributed by atoms with E-state index >= 15 is 0 Å². The van der Waals surface area contributed by atoms with Gasteiger partial charge in [0.1, 0.15) is 17.0 Å². The Balaban J connectivity index is 1.38. The predicted molar refractivity (Wildman–Crippen MR) is 103 cm³/mol. The average molecular weight is 377 g/mol. The summed E-state index contributed by atoms with van der Waals surface area (Å²) in [5.41, 5.74) is 2.56. The molecule has 1 N–H and O–H groups in total. The van der Waals surface area contributed by atoms with Crippen molar-refractivity contribution in [3.05, 3.63) is 78.1 Å². The van der Waals surface area contributed by atoms with E-state index in [-0.39, 0.29) is 6.42 Å². The zero-order valence-corrected chi connectivity index (χ0v) is 14.8. The fourth-order valence-corrected chi connectivity index (χ4v) is 3.01. The Bertz CT molecular complexity index is 1180. The quantitative estimate of drug-likeness (QED) is 0.522. The number of benzene rings is 3. The lowest BCUT2D eigenvalue weighted by Crippen LogP contribution is -2.21. The lowest BCUT2D eigenvalue weighted by molar-refractivity contribution is -0.146. The van der Waals surface area contributed by atoms with Gasteiger partial charge in [0.25, 0.3) is 5.91 Å². The third kappa shape index (κ3) is 3.86. The second-order valence-corrected chi connectivity index (χ2v) is 6.32. The highest BCUT2D eigenvalue weighted by Gasteiger charge is 2.11. The first-order valence-electron chi connectivity index (χ1n) is 8.70. The van der Waals surface area contributed by atoms with Crippen LogP contribution in [-0.4, -0.2) is 18.5 Å². The van der Waals surface area contributed by atoms with Crippen molar-refractivity contribution in [2.45, 2.75) is 6.42 Å². The molecule has 28 heavy (non-hydrogen) atoms. The van der Waals surface area contributed by atoms with Gasteiger partial charge in [-0.3, -0.25) is 9.59 Å². The molecule has 4 aromatic rings. The van der Waals surface area contributed by atoms with Gasteiger partial charge >= 0.3 is 5.97 Å². The molecule has 6 heteroatoms. The summed E-state index contributed by atoms with van der Waals surface area (Å²) < 4.78 is 23.9. The van der Waals surface area contributed by atoms with E-state index in [1.54, 1.807) is 18.2 Å². The average Bonchev–Trinajstić information content (AvgIpc) is 3.04. The number of hydrogen-bond donors (Lipinski definition) is 1. The molecule has 4 rings (SSSR count). The van der Waals surface area contributed by atoms with E-state index in [2.05, 4.69) is 5.32 Å². The van der Waals surface area contributed by atoms with Crippen molar-refractivity contribution >= 4 is 39.5 Å². The van der Waals surface area contributed by atoms with Gasteiger partial charge in [0.05, 0.1) is 6.42 Å². The van der Waals surface area contributed by atoms with E-state index in [9.17, 15) is 14.0 Å². The first-order valence-corrected chi connectivity index (χ1v) is 8.70. The van der Waals surface area contributed by atoms with Crippen molar-refractivity contribution in [3.8, 4) is 0 Å². The van der Waals surface area contributed by atoms with Crippen LogP contribution in [0.25, 0.3) is 21.9 Å². The first-order chi connectivity index (χ1) is 13.6. The maximum atomic E-state index is 13.1. The van der Waals surface area contributed by atoms with Crippen molar-refractivity contribution in [1.29, 1.82) is 0 Å². The highest BCUT2D eigenvalue weighted by atomic mass is 19.1. The molecule has 3 aromatic carbocycles. The maximum absolute atomic E-state index is 13.1. The van der Waals surface area contributed by atoms with Crippen LogP contribution in [-0.2, 0) is 20.7 Å². The molecule has 0 aliphatic rings. The van der Waals surface area contributed by atoms with E-state index in [4.69, 9.17) is 9.15 Å². The molecule has 140 valence electrons. The molecule has 0 aliphatic heterocycles. The fourth-order valence-electron chi connectivity index (χ4n) is 3.01. The zero-order chi connectivity index (χ0) is 19.5. The second-order valence-electron chi connectivity index (χ2n) is 6.32. The fraction of sp³-hybridized carbons (Fsp3) is 0.0909. The van der Waals surface area contributed by atoms with Gasteiger partial charge in [-0.25, -0.2) is 4.39 Å². The summed E-state index contributed by atoms with van der Waals surface area (Å²) in [7, 11) is 0. The summed E-state index contributed by atoms with van der Waals surface area (Å²) in [4.78, 5) is 23.9. The summed E-state index contributed by atoms with van der Waals surface area (Å²) in [6.45, 7) is -0.418. The molecule has 0 atom stereocenters. The molecule has 0 fully saturated rings. The molecule has 0 spiro atoms. The van der Waals surface area contributed by atoms with Crippen LogP contribution in [0.2, 0.25) is 0 Å². The molecule has 0 bridgehead atoms. The molecule has 0 unspecified atom stereocenters. The van der Waals surface area contributed by atoms with Crippen LogP contribution < -0.4 is 5.32 Å². The Morgan fingerprint density at radius 3 is 2.61 bits per heavy atom. The van der Waals surface area contributed by atoms with Gasteiger partial charge in [-0.1, -0.05) is 30.3 Å². The van der Waals surface area contributed by atoms with E-state index in [1.807, 2.05) is 30.3 Å². The number of anilines is 1. The van der Waals surface area contributed by atoms with Crippen LogP contribution >= 0.6 is 0 Å². The number of fused-ring (bicyclic) bond motifs is 3. The van der Waals surface area contributed by atoms with Crippen molar-refractivity contribution in [1.82, 2.24) is 0 Å². The zero-order valence-electron chi connectivity index (χ0n) is 14.8. The van der Waals surface area contributed by atoms with E-state index < -0.39 is 24.3 Å². The molecule has 0 saturated heterocycles. The third-order valence-corrected chi connectivity index (χ3v) is 4.26. The molecule has 0 radical (unpaired) electrons. The summed E-state index contributed by atoms with van der Waals surface area (Å²) in [6, 6.07) is 18.6. The molecular weight excluding hydrogens is 361 g/mol. The molecular formula is C22H16FNO4. The van der Waals surface area contributed by atoms with Crippen molar-refractivity contribution in [2.75, 3.05) is 11.9 Å². The number of furan rings is 1. The van der Waals surface area contributed by atoms with Gasteiger partial charge in [-0.15, -0.1) is 0 Å². The van der Waals surface area contributed by atoms with Crippen LogP contribution in [0.5, 0.6) is 0 Å². The molecule has 0 aliphatic carbocycles. The number of amides is 1. The summed E-state index contributed by atoms with van der Waals surface area (Å²) >= 11 is 0. The van der Waals surface area contributed by atoms with Crippen LogP contribution in [0.1, 0.15) is 5.56 Å². The summed E-state index contributed by atoms with van der Waals surface area (Å²) in [5.74, 6) is -1.48. The van der Waals surface area contributed by atoms with Crippen LogP contribution in [0, 0.1) is 5.82 Å². The van der Waals surface area contributed by atoms with Crippen molar-refractivity contribution < 1.29 is 23.1 Å². The molecule has 0 saturated carbocycles. The Morgan fingerprint density at radius 2 is 1.75 bits per heavy atom. The number of ether oxygens (including phenoxy) is 1. The largest absolute Gasteiger partial charge is 0.456 e. The van der Waals surface area contributed by atoms with Gasteiger partial charge in [0.15, 0.2) is 6.61 Å². The van der Waals surface area contributed by atoms with Crippen molar-refractivity contribution in [2.24, 2.45) is 0 Å². The highest BCUT2D eigenvalue weighted by Crippen LogP contribution is 2.30. The number of nitrogens with one attached hydrogen (secondary N) is 1. The SMILES string of the molecule is O=C(COC(=O)Cc1cccc(F)c1)Nc1ccc2oc3ccccc3c2c1. The van der Waals surface area contributed by atoms with Gasteiger partial charge in [-0.05, 0) is 42.0 Å². The standard InChI is InChI=1S/C22H16FNO4/c23-15-5-3-4-14(10-15)11-22(26)27-13-21(25)24-16-8-9-20-18(12-16)17-6-1-2-7-19(17)28-20/h1-10,12H,11,13H2,(H,24,25). The van der Waals surface area contributed by atoms with Crippen LogP contribution in [0.4, 0.5) is 10.1 Å². The number of carbonyl (C=O) groups excluding carboxylic acids is 2. The van der Waals surface area contributed by atoms with Crippen molar-refractivity contribution in [3.63, 3.8) is 0 Å². The summed E-state index contributed by atoms with van der Waals surface area (Å²) in [5, 5.41) is 4.54. The van der Waals surface area contributed by atoms with Crippen LogP contribution in [0.3, 0.4) is 0 Å². The van der Waals surface area contributed by atoms with E-state index in [1.165, 1.54) is 18.2 Å². The summed E-state index contributed by atoms with van der Waals surface area (Å²) in [6.07, 6.45) is -0.0992. The molecule has 1 heterocycles. The van der Waals surface area contributed by atoms with Gasteiger partial charge < -0.3 is 14.5 Å². The second kappa shape index (κ2) is 7.52. The number of halogens is 1. The number of rotatable bonds is 5. The van der Waals surface area contributed by atoms with Crippen LogP contribution in [0.15, 0.2) is 71.1 Å². The number of para-hydroxylation sites is 1.